The molecule has 94 valence electrons. The number of rotatable bonds is 4. The fourth-order valence-electron chi connectivity index (χ4n) is 1.31. The van der Waals surface area contributed by atoms with E-state index < -0.39 is 0 Å². The number of amides is 1. The maximum atomic E-state index is 11.7. The topological polar surface area (TPSA) is 68.0 Å². The van der Waals surface area contributed by atoms with Crippen LogP contribution in [0, 0.1) is 12.8 Å². The standard InChI is InChI=1S/C12H18ClN3O/c1-7(2)9(14)6-12(17)16-10-4-5-11(13)15-8(10)3/h4-5,7,9H,6,14H2,1-3H3,(H,16,17). The zero-order valence-corrected chi connectivity index (χ0v) is 11.1. The van der Waals surface area contributed by atoms with E-state index in [9.17, 15) is 4.79 Å². The molecule has 0 aliphatic rings. The molecule has 0 saturated carbocycles. The van der Waals surface area contributed by atoms with Gasteiger partial charge in [-0.3, -0.25) is 4.79 Å². The Hall–Kier alpha value is -1.13. The fourth-order valence-corrected chi connectivity index (χ4v) is 1.50. The molecular weight excluding hydrogens is 238 g/mol. The predicted octanol–water partition coefficient (Wildman–Crippen LogP) is 2.36. The van der Waals surface area contributed by atoms with E-state index in [1.165, 1.54) is 0 Å². The largest absolute Gasteiger partial charge is 0.327 e. The zero-order valence-electron chi connectivity index (χ0n) is 10.3. The lowest BCUT2D eigenvalue weighted by atomic mass is 10.0. The van der Waals surface area contributed by atoms with Gasteiger partial charge in [0.1, 0.15) is 5.15 Å². The van der Waals surface area contributed by atoms with Gasteiger partial charge in [-0.2, -0.15) is 0 Å². The van der Waals surface area contributed by atoms with Gasteiger partial charge in [0.05, 0.1) is 11.4 Å². The number of anilines is 1. The summed E-state index contributed by atoms with van der Waals surface area (Å²) in [4.78, 5) is 15.8. The molecule has 17 heavy (non-hydrogen) atoms. The molecule has 0 saturated heterocycles. The van der Waals surface area contributed by atoms with Crippen molar-refractivity contribution in [2.24, 2.45) is 11.7 Å². The van der Waals surface area contributed by atoms with E-state index >= 15 is 0 Å². The number of aromatic nitrogens is 1. The number of carbonyl (C=O) groups excluding carboxylic acids is 1. The molecule has 1 amide bonds. The zero-order chi connectivity index (χ0) is 13.0. The number of carbonyl (C=O) groups is 1. The monoisotopic (exact) mass is 255 g/mol. The third kappa shape index (κ3) is 4.32. The van der Waals surface area contributed by atoms with Gasteiger partial charge in [-0.05, 0) is 25.0 Å². The number of nitrogens with zero attached hydrogens (tertiary/aromatic N) is 1. The quantitative estimate of drug-likeness (QED) is 0.812. The molecule has 1 aromatic heterocycles. The van der Waals surface area contributed by atoms with E-state index in [0.29, 0.717) is 23.0 Å². The highest BCUT2D eigenvalue weighted by Gasteiger charge is 2.13. The Balaban J connectivity index is 2.62. The first-order valence-corrected chi connectivity index (χ1v) is 5.96. The van der Waals surface area contributed by atoms with Gasteiger partial charge in [0.2, 0.25) is 5.91 Å². The molecule has 0 bridgehead atoms. The Labute approximate surface area is 107 Å². The molecule has 1 heterocycles. The maximum Gasteiger partial charge on any atom is 0.225 e. The van der Waals surface area contributed by atoms with Crippen LogP contribution < -0.4 is 11.1 Å². The fraction of sp³-hybridized carbons (Fsp3) is 0.500. The van der Waals surface area contributed by atoms with E-state index in [1.54, 1.807) is 19.1 Å². The van der Waals surface area contributed by atoms with Gasteiger partial charge in [-0.25, -0.2) is 4.98 Å². The smallest absolute Gasteiger partial charge is 0.225 e. The van der Waals surface area contributed by atoms with Gasteiger partial charge in [0, 0.05) is 12.5 Å². The lowest BCUT2D eigenvalue weighted by Crippen LogP contribution is -2.31. The highest BCUT2D eigenvalue weighted by molar-refractivity contribution is 6.29. The molecule has 1 aromatic rings. The number of nitrogens with one attached hydrogen (secondary N) is 1. The summed E-state index contributed by atoms with van der Waals surface area (Å²) in [5, 5.41) is 3.20. The van der Waals surface area contributed by atoms with Crippen LogP contribution in [0.2, 0.25) is 5.15 Å². The van der Waals surface area contributed by atoms with Crippen LogP contribution in [0.1, 0.15) is 26.0 Å². The summed E-state index contributed by atoms with van der Waals surface area (Å²) >= 11 is 5.74. The van der Waals surface area contributed by atoms with E-state index in [2.05, 4.69) is 10.3 Å². The molecule has 1 rings (SSSR count). The Morgan fingerprint density at radius 3 is 2.71 bits per heavy atom. The predicted molar refractivity (Wildman–Crippen MR) is 70.0 cm³/mol. The van der Waals surface area contributed by atoms with Gasteiger partial charge in [-0.1, -0.05) is 25.4 Å². The number of nitrogens with two attached hydrogens (primary N) is 1. The third-order valence-electron chi connectivity index (χ3n) is 2.60. The van der Waals surface area contributed by atoms with E-state index in [-0.39, 0.29) is 17.9 Å². The van der Waals surface area contributed by atoms with Crippen LogP contribution in [0.5, 0.6) is 0 Å². The Bertz CT molecular complexity index is 407. The highest BCUT2D eigenvalue weighted by Crippen LogP contribution is 2.16. The van der Waals surface area contributed by atoms with E-state index in [4.69, 9.17) is 17.3 Å². The first-order valence-electron chi connectivity index (χ1n) is 5.58. The average Bonchev–Trinajstić information content (AvgIpc) is 2.22. The maximum absolute atomic E-state index is 11.7. The minimum atomic E-state index is -0.129. The van der Waals surface area contributed by atoms with Gasteiger partial charge in [0.25, 0.3) is 0 Å². The molecule has 1 atom stereocenters. The number of pyridine rings is 1. The van der Waals surface area contributed by atoms with Gasteiger partial charge >= 0.3 is 0 Å². The van der Waals surface area contributed by atoms with Gasteiger partial charge in [0.15, 0.2) is 0 Å². The molecule has 3 N–H and O–H groups in total. The second kappa shape index (κ2) is 5.98. The molecular formula is C12H18ClN3O. The SMILES string of the molecule is Cc1nc(Cl)ccc1NC(=O)CC(N)C(C)C. The number of hydrogen-bond acceptors (Lipinski definition) is 3. The van der Waals surface area contributed by atoms with Crippen molar-refractivity contribution in [1.29, 1.82) is 0 Å². The van der Waals surface area contributed by atoms with Crippen molar-refractivity contribution in [2.75, 3.05) is 5.32 Å². The third-order valence-corrected chi connectivity index (χ3v) is 2.81. The summed E-state index contributed by atoms with van der Waals surface area (Å²) in [7, 11) is 0. The van der Waals surface area contributed by atoms with E-state index in [1.807, 2.05) is 13.8 Å². The molecule has 1 unspecified atom stereocenters. The average molecular weight is 256 g/mol. The summed E-state index contributed by atoms with van der Waals surface area (Å²) in [6.45, 7) is 5.78. The Morgan fingerprint density at radius 2 is 2.18 bits per heavy atom. The van der Waals surface area contributed by atoms with Gasteiger partial charge < -0.3 is 11.1 Å². The molecule has 5 heteroatoms. The van der Waals surface area contributed by atoms with E-state index in [0.717, 1.165) is 0 Å². The summed E-state index contributed by atoms with van der Waals surface area (Å²) in [6, 6.07) is 3.26. The van der Waals surface area contributed by atoms with Crippen molar-refractivity contribution in [3.63, 3.8) is 0 Å². The van der Waals surface area contributed by atoms with Crippen LogP contribution in [-0.4, -0.2) is 16.9 Å². The first-order chi connectivity index (χ1) is 7.90. The second-order valence-electron chi connectivity index (χ2n) is 4.43. The number of aryl methyl sites for hydroxylation is 1. The molecule has 0 fully saturated rings. The van der Waals surface area contributed by atoms with Crippen LogP contribution in [0.4, 0.5) is 5.69 Å². The number of halogens is 1. The first kappa shape index (κ1) is 13.9. The number of hydrogen-bond donors (Lipinski definition) is 2. The molecule has 0 spiro atoms. The minimum Gasteiger partial charge on any atom is -0.327 e. The van der Waals surface area contributed by atoms with Crippen molar-refractivity contribution < 1.29 is 4.79 Å². The lowest BCUT2D eigenvalue weighted by molar-refractivity contribution is -0.116. The molecule has 0 aromatic carbocycles. The summed E-state index contributed by atoms with van der Waals surface area (Å²) < 4.78 is 0. The van der Waals surface area contributed by atoms with Crippen molar-refractivity contribution in [3.8, 4) is 0 Å². The summed E-state index contributed by atoms with van der Waals surface area (Å²) in [5.41, 5.74) is 7.21. The molecule has 0 aliphatic carbocycles. The van der Waals surface area contributed by atoms with Crippen LogP contribution in [0.25, 0.3) is 0 Å². The van der Waals surface area contributed by atoms with Crippen LogP contribution >= 0.6 is 11.6 Å². The van der Waals surface area contributed by atoms with Gasteiger partial charge in [-0.15, -0.1) is 0 Å². The van der Waals surface area contributed by atoms with Crippen molar-refractivity contribution in [2.45, 2.75) is 33.2 Å². The minimum absolute atomic E-state index is 0.0987. The molecule has 0 radical (unpaired) electrons. The van der Waals surface area contributed by atoms with Crippen molar-refractivity contribution >= 4 is 23.2 Å². The molecule has 0 aliphatic heterocycles. The normalized spacial score (nSPS) is 12.6. The summed E-state index contributed by atoms with van der Waals surface area (Å²) in [6.07, 6.45) is 0.305. The van der Waals surface area contributed by atoms with Crippen molar-refractivity contribution in [3.05, 3.63) is 23.0 Å². The highest BCUT2D eigenvalue weighted by atomic mass is 35.5. The Kier molecular flexibility index (Phi) is 4.90. The van der Waals surface area contributed by atoms with Crippen LogP contribution in [-0.2, 0) is 4.79 Å². The Morgan fingerprint density at radius 1 is 1.53 bits per heavy atom. The molecule has 4 nitrogen and oxygen atoms in total. The van der Waals surface area contributed by atoms with Crippen LogP contribution in [0.15, 0.2) is 12.1 Å². The van der Waals surface area contributed by atoms with Crippen molar-refractivity contribution in [1.82, 2.24) is 4.98 Å². The summed E-state index contributed by atoms with van der Waals surface area (Å²) in [5.74, 6) is 0.184. The lowest BCUT2D eigenvalue weighted by Gasteiger charge is -2.15. The van der Waals surface area contributed by atoms with Crippen LogP contribution in [0.3, 0.4) is 0 Å². The second-order valence-corrected chi connectivity index (χ2v) is 4.81.